The predicted molar refractivity (Wildman–Crippen MR) is 65.4 cm³/mol. The highest BCUT2D eigenvalue weighted by molar-refractivity contribution is 7.17. The Kier molecular flexibility index (Phi) is 3.38. The number of hydrogen-bond donors (Lipinski definition) is 2. The first-order valence-electron chi connectivity index (χ1n) is 5.12. The van der Waals surface area contributed by atoms with E-state index in [0.29, 0.717) is 10.7 Å². The quantitative estimate of drug-likeness (QED) is 0.651. The Morgan fingerprint density at radius 2 is 2.39 bits per heavy atom. The van der Waals surface area contributed by atoms with Crippen molar-refractivity contribution < 1.29 is 9.72 Å². The fraction of sp³-hybridized carbons (Fsp3) is 0.200. The third-order valence-corrected chi connectivity index (χ3v) is 3.31. The summed E-state index contributed by atoms with van der Waals surface area (Å²) < 4.78 is 0. The normalized spacial score (nSPS) is 12.1. The average Bonchev–Trinajstić information content (AvgIpc) is 3.00. The average molecular weight is 266 g/mol. The van der Waals surface area contributed by atoms with Gasteiger partial charge in [0.15, 0.2) is 0 Å². The first-order chi connectivity index (χ1) is 8.58. The van der Waals surface area contributed by atoms with Gasteiger partial charge in [0.25, 0.3) is 5.91 Å². The lowest BCUT2D eigenvalue weighted by atomic mass is 10.3. The van der Waals surface area contributed by atoms with Crippen molar-refractivity contribution in [3.05, 3.63) is 45.3 Å². The second-order valence-electron chi connectivity index (χ2n) is 3.56. The summed E-state index contributed by atoms with van der Waals surface area (Å²) in [5, 5.41) is 13.2. The predicted octanol–water partition coefficient (Wildman–Crippen LogP) is 1.87. The number of aromatic nitrogens is 2. The molecule has 0 aliphatic rings. The van der Waals surface area contributed by atoms with Crippen molar-refractivity contribution in [1.29, 1.82) is 0 Å². The second-order valence-corrected chi connectivity index (χ2v) is 4.63. The van der Waals surface area contributed by atoms with Crippen LogP contribution in [0.5, 0.6) is 0 Å². The maximum Gasteiger partial charge on any atom is 0.324 e. The minimum absolute atomic E-state index is 0.0502. The van der Waals surface area contributed by atoms with Crippen LogP contribution in [0.15, 0.2) is 24.5 Å². The fourth-order valence-corrected chi connectivity index (χ4v) is 2.12. The Morgan fingerprint density at radius 1 is 1.61 bits per heavy atom. The minimum Gasteiger partial charge on any atom is -0.347 e. The first-order valence-corrected chi connectivity index (χ1v) is 5.94. The molecule has 0 radical (unpaired) electrons. The first kappa shape index (κ1) is 12.2. The van der Waals surface area contributed by atoms with Crippen LogP contribution in [0, 0.1) is 10.1 Å². The lowest BCUT2D eigenvalue weighted by Crippen LogP contribution is -2.26. The molecule has 7 nitrogen and oxygen atoms in total. The van der Waals surface area contributed by atoms with Crippen LogP contribution in [0.25, 0.3) is 0 Å². The number of carbonyl (C=O) groups is 1. The highest BCUT2D eigenvalue weighted by Crippen LogP contribution is 2.24. The molecule has 1 amide bonds. The van der Waals surface area contributed by atoms with Crippen molar-refractivity contribution in [1.82, 2.24) is 15.3 Å². The maximum absolute atomic E-state index is 11.8. The summed E-state index contributed by atoms with van der Waals surface area (Å²) in [4.78, 5) is 29.0. The molecule has 0 aliphatic carbocycles. The largest absolute Gasteiger partial charge is 0.347 e. The summed E-state index contributed by atoms with van der Waals surface area (Å²) in [6.45, 7) is 1.78. The van der Waals surface area contributed by atoms with Gasteiger partial charge in [-0.3, -0.25) is 14.9 Å². The molecular weight excluding hydrogens is 256 g/mol. The van der Waals surface area contributed by atoms with E-state index >= 15 is 0 Å². The van der Waals surface area contributed by atoms with E-state index in [2.05, 4.69) is 15.3 Å². The van der Waals surface area contributed by atoms with Gasteiger partial charge in [-0.1, -0.05) is 11.3 Å². The molecule has 2 N–H and O–H groups in total. The summed E-state index contributed by atoms with van der Waals surface area (Å²) >= 11 is 0.847. The molecule has 0 bridgehead atoms. The topological polar surface area (TPSA) is 101 Å². The molecule has 1 atom stereocenters. The molecule has 0 aromatic carbocycles. The molecule has 1 unspecified atom stereocenters. The Bertz CT molecular complexity index is 563. The van der Waals surface area contributed by atoms with Crippen molar-refractivity contribution in [3.63, 3.8) is 0 Å². The van der Waals surface area contributed by atoms with Crippen LogP contribution in [0.2, 0.25) is 0 Å². The summed E-state index contributed by atoms with van der Waals surface area (Å²) in [5.74, 6) is 0.284. The molecule has 2 aromatic rings. The molecule has 94 valence electrons. The zero-order valence-electron chi connectivity index (χ0n) is 9.41. The van der Waals surface area contributed by atoms with E-state index in [9.17, 15) is 14.9 Å². The number of imidazole rings is 1. The van der Waals surface area contributed by atoms with Crippen LogP contribution in [-0.4, -0.2) is 20.8 Å². The Morgan fingerprint density at radius 3 is 2.94 bits per heavy atom. The Labute approximate surface area is 106 Å². The second kappa shape index (κ2) is 4.96. The number of H-pyrrole nitrogens is 1. The van der Waals surface area contributed by atoms with Crippen molar-refractivity contribution in [3.8, 4) is 0 Å². The van der Waals surface area contributed by atoms with Gasteiger partial charge in [-0.05, 0) is 13.0 Å². The maximum atomic E-state index is 11.8. The highest BCUT2D eigenvalue weighted by atomic mass is 32.1. The third kappa shape index (κ3) is 2.54. The minimum atomic E-state index is -0.516. The van der Waals surface area contributed by atoms with Gasteiger partial charge in [0.1, 0.15) is 5.82 Å². The van der Waals surface area contributed by atoms with Crippen molar-refractivity contribution >= 4 is 22.2 Å². The Hall–Kier alpha value is -2.22. The monoisotopic (exact) mass is 266 g/mol. The van der Waals surface area contributed by atoms with Gasteiger partial charge in [0.2, 0.25) is 0 Å². The number of thiophene rings is 1. The molecule has 18 heavy (non-hydrogen) atoms. The van der Waals surface area contributed by atoms with Gasteiger partial charge >= 0.3 is 5.00 Å². The molecule has 0 aliphatic heterocycles. The number of nitro groups is 1. The van der Waals surface area contributed by atoms with Crippen LogP contribution < -0.4 is 5.32 Å². The van der Waals surface area contributed by atoms with Gasteiger partial charge < -0.3 is 10.3 Å². The fourth-order valence-electron chi connectivity index (χ4n) is 1.40. The Balaban J connectivity index is 2.05. The number of aromatic amines is 1. The van der Waals surface area contributed by atoms with E-state index in [1.165, 1.54) is 12.1 Å². The van der Waals surface area contributed by atoms with Gasteiger partial charge in [-0.25, -0.2) is 4.98 Å². The number of amides is 1. The lowest BCUT2D eigenvalue weighted by Gasteiger charge is -2.09. The molecule has 0 spiro atoms. The van der Waals surface area contributed by atoms with Crippen molar-refractivity contribution in [2.24, 2.45) is 0 Å². The van der Waals surface area contributed by atoms with Gasteiger partial charge in [0.05, 0.1) is 15.8 Å². The van der Waals surface area contributed by atoms with E-state index in [1.54, 1.807) is 19.3 Å². The SMILES string of the molecule is CC(NC(=O)c1ccc([N+](=O)[O-])s1)c1ncc[nH]1. The summed E-state index contributed by atoms with van der Waals surface area (Å²) in [7, 11) is 0. The summed E-state index contributed by atoms with van der Waals surface area (Å²) in [6.07, 6.45) is 3.25. The number of rotatable bonds is 4. The van der Waals surface area contributed by atoms with Crippen LogP contribution in [0.4, 0.5) is 5.00 Å². The van der Waals surface area contributed by atoms with E-state index < -0.39 is 4.92 Å². The lowest BCUT2D eigenvalue weighted by molar-refractivity contribution is -0.380. The number of nitrogens with one attached hydrogen (secondary N) is 2. The summed E-state index contributed by atoms with van der Waals surface area (Å²) in [5.41, 5.74) is 0. The molecule has 2 aromatic heterocycles. The highest BCUT2D eigenvalue weighted by Gasteiger charge is 2.17. The summed E-state index contributed by atoms with van der Waals surface area (Å²) in [6, 6.07) is 2.47. The number of nitrogens with zero attached hydrogens (tertiary/aromatic N) is 2. The van der Waals surface area contributed by atoms with E-state index in [4.69, 9.17) is 0 Å². The smallest absolute Gasteiger partial charge is 0.324 e. The van der Waals surface area contributed by atoms with Crippen molar-refractivity contribution in [2.45, 2.75) is 13.0 Å². The zero-order chi connectivity index (χ0) is 13.1. The molecule has 0 saturated heterocycles. The van der Waals surface area contributed by atoms with Gasteiger partial charge in [0, 0.05) is 18.5 Å². The molecule has 2 rings (SSSR count). The molecule has 2 heterocycles. The van der Waals surface area contributed by atoms with E-state index in [0.717, 1.165) is 11.3 Å². The van der Waals surface area contributed by atoms with Crippen LogP contribution in [-0.2, 0) is 0 Å². The third-order valence-electron chi connectivity index (χ3n) is 2.27. The van der Waals surface area contributed by atoms with Crippen molar-refractivity contribution in [2.75, 3.05) is 0 Å². The molecule has 0 fully saturated rings. The van der Waals surface area contributed by atoms with E-state index in [1.807, 2.05) is 0 Å². The van der Waals surface area contributed by atoms with Crippen LogP contribution in [0.3, 0.4) is 0 Å². The molecule has 8 heteroatoms. The van der Waals surface area contributed by atoms with Crippen LogP contribution >= 0.6 is 11.3 Å². The van der Waals surface area contributed by atoms with Crippen LogP contribution in [0.1, 0.15) is 28.5 Å². The number of hydrogen-bond acceptors (Lipinski definition) is 5. The number of carbonyl (C=O) groups excluding carboxylic acids is 1. The van der Waals surface area contributed by atoms with E-state index in [-0.39, 0.29) is 17.0 Å². The standard InChI is InChI=1S/C10H10N4O3S/c1-6(9-11-4-5-12-9)13-10(15)7-2-3-8(18-7)14(16)17/h2-6H,1H3,(H,11,12)(H,13,15). The van der Waals surface area contributed by atoms with Gasteiger partial charge in [-0.2, -0.15) is 0 Å². The van der Waals surface area contributed by atoms with Gasteiger partial charge in [-0.15, -0.1) is 0 Å². The molecular formula is C10H10N4O3S. The molecule has 0 saturated carbocycles. The zero-order valence-corrected chi connectivity index (χ0v) is 10.2.